The van der Waals surface area contributed by atoms with Crippen LogP contribution in [0.3, 0.4) is 0 Å². The van der Waals surface area contributed by atoms with E-state index in [2.05, 4.69) is 12.1 Å². The molecule has 2 aromatic rings. The summed E-state index contributed by atoms with van der Waals surface area (Å²) < 4.78 is 66.1. The third kappa shape index (κ3) is 4.71. The fourth-order valence-electron chi connectivity index (χ4n) is 3.51. The molecule has 1 aliphatic rings. The summed E-state index contributed by atoms with van der Waals surface area (Å²) in [5.74, 6) is 0.377. The van der Waals surface area contributed by atoms with Gasteiger partial charge in [0.15, 0.2) is 0 Å². The Morgan fingerprint density at radius 2 is 1.67 bits per heavy atom. The molecule has 146 valence electrons. The standard InChI is InChI=1S/C20H22F3NO2S/c1-15-11-18(20(21,22)23)14-19(12-15)27(25,26)24-9-7-17(8-10-24)13-16-5-3-2-4-6-16/h2-6,11-12,14,17H,7-10,13H2,1H3. The maximum absolute atomic E-state index is 13.0. The minimum Gasteiger partial charge on any atom is -0.207 e. The van der Waals surface area contributed by atoms with Crippen molar-refractivity contribution in [2.75, 3.05) is 13.1 Å². The number of hydrogen-bond donors (Lipinski definition) is 0. The molecule has 0 amide bonds. The van der Waals surface area contributed by atoms with E-state index in [0.717, 1.165) is 18.6 Å². The summed E-state index contributed by atoms with van der Waals surface area (Å²) in [6, 6.07) is 13.0. The lowest BCUT2D eigenvalue weighted by molar-refractivity contribution is -0.137. The van der Waals surface area contributed by atoms with Gasteiger partial charge in [-0.05, 0) is 61.4 Å². The zero-order valence-corrected chi connectivity index (χ0v) is 15.9. The van der Waals surface area contributed by atoms with Crippen LogP contribution in [0, 0.1) is 12.8 Å². The third-order valence-electron chi connectivity index (χ3n) is 4.96. The van der Waals surface area contributed by atoms with E-state index in [1.54, 1.807) is 0 Å². The van der Waals surface area contributed by atoms with Crippen molar-refractivity contribution in [3.05, 3.63) is 65.2 Å². The highest BCUT2D eigenvalue weighted by molar-refractivity contribution is 7.89. The third-order valence-corrected chi connectivity index (χ3v) is 6.83. The Bertz CT molecular complexity index is 887. The maximum Gasteiger partial charge on any atom is 0.416 e. The first kappa shape index (κ1) is 19.9. The van der Waals surface area contributed by atoms with Gasteiger partial charge in [-0.3, -0.25) is 0 Å². The molecule has 0 saturated carbocycles. The quantitative estimate of drug-likeness (QED) is 0.753. The normalized spacial score (nSPS) is 17.2. The molecular formula is C20H22F3NO2S. The Labute approximate surface area is 157 Å². The number of hydrogen-bond acceptors (Lipinski definition) is 2. The van der Waals surface area contributed by atoms with Crippen molar-refractivity contribution < 1.29 is 21.6 Å². The smallest absolute Gasteiger partial charge is 0.207 e. The zero-order chi connectivity index (χ0) is 19.7. The van der Waals surface area contributed by atoms with Gasteiger partial charge in [0.1, 0.15) is 0 Å². The van der Waals surface area contributed by atoms with Crippen LogP contribution in [-0.4, -0.2) is 25.8 Å². The highest BCUT2D eigenvalue weighted by Gasteiger charge is 2.34. The van der Waals surface area contributed by atoms with Crippen LogP contribution in [0.4, 0.5) is 13.2 Å². The molecule has 2 aromatic carbocycles. The van der Waals surface area contributed by atoms with E-state index in [9.17, 15) is 21.6 Å². The molecule has 0 aromatic heterocycles. The summed E-state index contributed by atoms with van der Waals surface area (Å²) in [6.45, 7) is 2.13. The molecule has 3 nitrogen and oxygen atoms in total. The van der Waals surface area contributed by atoms with Gasteiger partial charge in [-0.15, -0.1) is 0 Å². The molecule has 0 aliphatic carbocycles. The number of aryl methyl sites for hydroxylation is 1. The second kappa shape index (κ2) is 7.64. The average Bonchev–Trinajstić information content (AvgIpc) is 2.62. The van der Waals surface area contributed by atoms with Gasteiger partial charge in [0.2, 0.25) is 10.0 Å². The van der Waals surface area contributed by atoms with Crippen molar-refractivity contribution in [1.82, 2.24) is 4.31 Å². The van der Waals surface area contributed by atoms with Crippen LogP contribution in [0.1, 0.15) is 29.5 Å². The lowest BCUT2D eigenvalue weighted by Crippen LogP contribution is -2.39. The van der Waals surface area contributed by atoms with Gasteiger partial charge in [0.05, 0.1) is 10.5 Å². The Kier molecular flexibility index (Phi) is 5.63. The molecule has 7 heteroatoms. The number of nitrogens with zero attached hydrogens (tertiary/aromatic N) is 1. The number of piperidine rings is 1. The minimum atomic E-state index is -4.57. The molecule has 3 rings (SSSR count). The lowest BCUT2D eigenvalue weighted by Gasteiger charge is -2.31. The first-order chi connectivity index (χ1) is 12.7. The van der Waals surface area contributed by atoms with E-state index in [1.807, 2.05) is 18.2 Å². The van der Waals surface area contributed by atoms with E-state index >= 15 is 0 Å². The molecule has 0 unspecified atom stereocenters. The predicted octanol–water partition coefficient (Wildman–Crippen LogP) is 4.66. The van der Waals surface area contributed by atoms with Gasteiger partial charge in [-0.25, -0.2) is 8.42 Å². The van der Waals surface area contributed by atoms with Gasteiger partial charge in [0, 0.05) is 13.1 Å². The van der Waals surface area contributed by atoms with E-state index < -0.39 is 21.8 Å². The molecule has 0 bridgehead atoms. The molecule has 1 fully saturated rings. The van der Waals surface area contributed by atoms with E-state index in [-0.39, 0.29) is 10.5 Å². The molecule has 0 radical (unpaired) electrons. The Morgan fingerprint density at radius 1 is 1.04 bits per heavy atom. The van der Waals surface area contributed by atoms with Crippen LogP contribution in [0.25, 0.3) is 0 Å². The fraction of sp³-hybridized carbons (Fsp3) is 0.400. The zero-order valence-electron chi connectivity index (χ0n) is 15.0. The topological polar surface area (TPSA) is 37.4 Å². The highest BCUT2D eigenvalue weighted by atomic mass is 32.2. The molecule has 0 N–H and O–H groups in total. The molecular weight excluding hydrogens is 375 g/mol. The SMILES string of the molecule is Cc1cc(C(F)(F)F)cc(S(=O)(=O)N2CCC(Cc3ccccc3)CC2)c1. The second-order valence-electron chi connectivity index (χ2n) is 7.07. The monoisotopic (exact) mass is 397 g/mol. The fourth-order valence-corrected chi connectivity index (χ4v) is 5.11. The van der Waals surface area contributed by atoms with Crippen molar-refractivity contribution in [2.24, 2.45) is 5.92 Å². The van der Waals surface area contributed by atoms with E-state index in [0.29, 0.717) is 31.8 Å². The Hall–Kier alpha value is -1.86. The van der Waals surface area contributed by atoms with Crippen molar-refractivity contribution in [1.29, 1.82) is 0 Å². The van der Waals surface area contributed by atoms with Crippen LogP contribution < -0.4 is 0 Å². The maximum atomic E-state index is 13.0. The number of sulfonamides is 1. The van der Waals surface area contributed by atoms with Crippen LogP contribution in [0.2, 0.25) is 0 Å². The second-order valence-corrected chi connectivity index (χ2v) is 9.01. The molecule has 0 atom stereocenters. The Morgan fingerprint density at radius 3 is 2.26 bits per heavy atom. The summed E-state index contributed by atoms with van der Waals surface area (Å²) in [7, 11) is -3.93. The molecule has 0 spiro atoms. The van der Waals surface area contributed by atoms with Crippen molar-refractivity contribution in [2.45, 2.75) is 37.3 Å². The minimum absolute atomic E-state index is 0.280. The predicted molar refractivity (Wildman–Crippen MR) is 97.8 cm³/mol. The number of benzene rings is 2. The van der Waals surface area contributed by atoms with Crippen molar-refractivity contribution >= 4 is 10.0 Å². The van der Waals surface area contributed by atoms with Crippen LogP contribution in [0.5, 0.6) is 0 Å². The summed E-state index contributed by atoms with van der Waals surface area (Å²) >= 11 is 0. The molecule has 1 saturated heterocycles. The summed E-state index contributed by atoms with van der Waals surface area (Å²) in [5.41, 5.74) is 0.565. The van der Waals surface area contributed by atoms with Crippen LogP contribution in [-0.2, 0) is 22.6 Å². The van der Waals surface area contributed by atoms with Gasteiger partial charge >= 0.3 is 6.18 Å². The van der Waals surface area contributed by atoms with E-state index in [1.165, 1.54) is 22.9 Å². The van der Waals surface area contributed by atoms with E-state index in [4.69, 9.17) is 0 Å². The van der Waals surface area contributed by atoms with Gasteiger partial charge in [-0.2, -0.15) is 17.5 Å². The molecule has 1 aliphatic heterocycles. The summed E-state index contributed by atoms with van der Waals surface area (Å²) in [6.07, 6.45) is -2.28. The summed E-state index contributed by atoms with van der Waals surface area (Å²) in [4.78, 5) is -0.281. The first-order valence-electron chi connectivity index (χ1n) is 8.89. The summed E-state index contributed by atoms with van der Waals surface area (Å²) in [5, 5.41) is 0. The highest BCUT2D eigenvalue weighted by Crippen LogP contribution is 2.33. The first-order valence-corrected chi connectivity index (χ1v) is 10.3. The van der Waals surface area contributed by atoms with Crippen LogP contribution >= 0.6 is 0 Å². The average molecular weight is 397 g/mol. The van der Waals surface area contributed by atoms with Gasteiger partial charge in [-0.1, -0.05) is 30.3 Å². The van der Waals surface area contributed by atoms with Crippen LogP contribution in [0.15, 0.2) is 53.4 Å². The van der Waals surface area contributed by atoms with Crippen molar-refractivity contribution in [3.63, 3.8) is 0 Å². The number of alkyl halides is 3. The van der Waals surface area contributed by atoms with Gasteiger partial charge < -0.3 is 0 Å². The lowest BCUT2D eigenvalue weighted by atomic mass is 9.91. The van der Waals surface area contributed by atoms with Gasteiger partial charge in [0.25, 0.3) is 0 Å². The molecule has 27 heavy (non-hydrogen) atoms. The number of rotatable bonds is 4. The number of halogens is 3. The Balaban J connectivity index is 1.73. The van der Waals surface area contributed by atoms with Crippen molar-refractivity contribution in [3.8, 4) is 0 Å². The molecule has 1 heterocycles. The largest absolute Gasteiger partial charge is 0.416 e.